The maximum atomic E-state index is 11.8. The molecule has 0 radical (unpaired) electrons. The zero-order valence-corrected chi connectivity index (χ0v) is 17.7. The van der Waals surface area contributed by atoms with Crippen LogP contribution in [0.25, 0.3) is 17.1 Å². The quantitative estimate of drug-likeness (QED) is 0.349. The van der Waals surface area contributed by atoms with E-state index in [1.54, 1.807) is 12.3 Å². The molecule has 1 aliphatic heterocycles. The summed E-state index contributed by atoms with van der Waals surface area (Å²) in [5.74, 6) is -1.24. The first-order valence-electron chi connectivity index (χ1n) is 9.56. The Labute approximate surface area is 188 Å². The molecule has 0 saturated heterocycles. The molecule has 3 aromatic rings. The molecule has 1 aromatic carbocycles. The molecule has 1 aliphatic rings. The van der Waals surface area contributed by atoms with Crippen LogP contribution in [0.5, 0.6) is 0 Å². The van der Waals surface area contributed by atoms with Crippen molar-refractivity contribution in [3.8, 4) is 6.07 Å². The zero-order valence-electron chi connectivity index (χ0n) is 17.0. The molecule has 0 amide bonds. The summed E-state index contributed by atoms with van der Waals surface area (Å²) in [6.07, 6.45) is 5.01. The van der Waals surface area contributed by atoms with E-state index in [4.69, 9.17) is 16.3 Å². The fraction of sp³-hybridized carbons (Fsp3) is 0.130. The molecule has 0 aliphatic carbocycles. The van der Waals surface area contributed by atoms with Gasteiger partial charge in [-0.25, -0.2) is 14.6 Å². The number of rotatable bonds is 6. The van der Waals surface area contributed by atoms with Crippen molar-refractivity contribution in [2.45, 2.75) is 6.54 Å². The number of anilines is 1. The first-order chi connectivity index (χ1) is 15.5. The fourth-order valence-electron chi connectivity index (χ4n) is 3.38. The minimum atomic E-state index is -0.696. The number of methoxy groups -OCH3 is 1. The molecule has 0 saturated carbocycles. The van der Waals surface area contributed by atoms with Crippen molar-refractivity contribution in [1.29, 1.82) is 5.26 Å². The molecule has 0 atom stereocenters. The maximum Gasteiger partial charge on any atom is 0.352 e. The third-order valence-corrected chi connectivity index (χ3v) is 5.24. The molecule has 0 fully saturated rings. The van der Waals surface area contributed by atoms with Gasteiger partial charge in [-0.05, 0) is 35.9 Å². The number of nitrogens with zero attached hydrogens (tertiary/aromatic N) is 3. The smallest absolute Gasteiger partial charge is 0.352 e. The number of ether oxygens (including phenoxy) is 2. The van der Waals surface area contributed by atoms with Crippen molar-refractivity contribution >= 4 is 46.3 Å². The molecule has 8 nitrogen and oxygen atoms in total. The van der Waals surface area contributed by atoms with E-state index in [0.29, 0.717) is 23.5 Å². The van der Waals surface area contributed by atoms with Crippen LogP contribution in [0.1, 0.15) is 11.1 Å². The standard InChI is InChI=1S/C23H17ClN4O4/c1-31-22(29)15(10-25)9-16-12-28(21-18(16)6-3-7-26-21)11-14-4-2-5-17(8-14)27-19-13-32-23(30)20(19)24/h2-9,12,27H,11,13H2,1H3. The fourth-order valence-corrected chi connectivity index (χ4v) is 3.54. The Morgan fingerprint density at radius 2 is 2.25 bits per heavy atom. The van der Waals surface area contributed by atoms with E-state index >= 15 is 0 Å². The second-order valence-electron chi connectivity index (χ2n) is 6.94. The van der Waals surface area contributed by atoms with Crippen molar-refractivity contribution in [2.24, 2.45) is 0 Å². The van der Waals surface area contributed by atoms with Crippen molar-refractivity contribution < 1.29 is 19.1 Å². The molecule has 32 heavy (non-hydrogen) atoms. The van der Waals surface area contributed by atoms with Gasteiger partial charge in [-0.1, -0.05) is 23.7 Å². The Morgan fingerprint density at radius 1 is 1.41 bits per heavy atom. The summed E-state index contributed by atoms with van der Waals surface area (Å²) >= 11 is 5.97. The van der Waals surface area contributed by atoms with Crippen LogP contribution in [0, 0.1) is 11.3 Å². The SMILES string of the molecule is COC(=O)C(C#N)=Cc1cn(Cc2cccc(NC3=C(Cl)C(=O)OC3)c2)c2ncccc12. The number of benzene rings is 1. The average molecular weight is 449 g/mol. The van der Waals surface area contributed by atoms with Gasteiger partial charge in [-0.15, -0.1) is 0 Å². The van der Waals surface area contributed by atoms with E-state index in [2.05, 4.69) is 15.0 Å². The Morgan fingerprint density at radius 3 is 2.97 bits per heavy atom. The van der Waals surface area contributed by atoms with Gasteiger partial charge in [0, 0.05) is 35.6 Å². The summed E-state index contributed by atoms with van der Waals surface area (Å²) in [5, 5.41) is 13.3. The largest absolute Gasteiger partial charge is 0.465 e. The highest BCUT2D eigenvalue weighted by Crippen LogP contribution is 2.25. The van der Waals surface area contributed by atoms with Crippen LogP contribution < -0.4 is 5.32 Å². The number of carbonyl (C=O) groups excluding carboxylic acids is 2. The molecule has 0 bridgehead atoms. The number of carbonyl (C=O) groups is 2. The number of aromatic nitrogens is 2. The number of nitriles is 1. The molecular weight excluding hydrogens is 432 g/mol. The van der Waals surface area contributed by atoms with Gasteiger partial charge in [0.25, 0.3) is 0 Å². The molecule has 4 rings (SSSR count). The van der Waals surface area contributed by atoms with Gasteiger partial charge >= 0.3 is 11.9 Å². The van der Waals surface area contributed by atoms with Crippen LogP contribution in [-0.2, 0) is 25.6 Å². The molecule has 3 heterocycles. The Hall–Kier alpha value is -4.09. The molecule has 0 spiro atoms. The summed E-state index contributed by atoms with van der Waals surface area (Å²) in [6, 6.07) is 13.2. The van der Waals surface area contributed by atoms with Crippen molar-refractivity contribution in [1.82, 2.24) is 9.55 Å². The van der Waals surface area contributed by atoms with Crippen LogP contribution in [-0.4, -0.2) is 35.2 Å². The topological polar surface area (TPSA) is 106 Å². The zero-order chi connectivity index (χ0) is 22.7. The van der Waals surface area contributed by atoms with Crippen LogP contribution in [0.15, 0.2) is 65.1 Å². The Kier molecular flexibility index (Phi) is 5.92. The number of pyridine rings is 1. The lowest BCUT2D eigenvalue weighted by molar-refractivity contribution is -0.136. The van der Waals surface area contributed by atoms with Crippen molar-refractivity contribution in [3.63, 3.8) is 0 Å². The van der Waals surface area contributed by atoms with Gasteiger partial charge in [0.05, 0.1) is 12.8 Å². The second-order valence-corrected chi connectivity index (χ2v) is 7.32. The maximum absolute atomic E-state index is 11.8. The van der Waals surface area contributed by atoms with Crippen LogP contribution in [0.3, 0.4) is 0 Å². The molecule has 9 heteroatoms. The number of hydrogen-bond acceptors (Lipinski definition) is 7. The number of fused-ring (bicyclic) bond motifs is 1. The minimum Gasteiger partial charge on any atom is -0.465 e. The summed E-state index contributed by atoms with van der Waals surface area (Å²) in [7, 11) is 1.23. The van der Waals surface area contributed by atoms with Gasteiger partial charge in [0.15, 0.2) is 0 Å². The predicted octanol–water partition coefficient (Wildman–Crippen LogP) is 3.58. The third kappa shape index (κ3) is 4.19. The molecule has 160 valence electrons. The van der Waals surface area contributed by atoms with Gasteiger partial charge < -0.3 is 19.4 Å². The van der Waals surface area contributed by atoms with Crippen LogP contribution in [0.4, 0.5) is 5.69 Å². The third-order valence-electron chi connectivity index (χ3n) is 4.86. The lowest BCUT2D eigenvalue weighted by Gasteiger charge is -2.10. The van der Waals surface area contributed by atoms with Crippen molar-refractivity contribution in [2.75, 3.05) is 19.0 Å². The summed E-state index contributed by atoms with van der Waals surface area (Å²) < 4.78 is 11.5. The van der Waals surface area contributed by atoms with E-state index in [0.717, 1.165) is 16.6 Å². The molecule has 1 N–H and O–H groups in total. The second kappa shape index (κ2) is 8.96. The van der Waals surface area contributed by atoms with Gasteiger partial charge in [-0.2, -0.15) is 5.26 Å². The van der Waals surface area contributed by atoms with E-state index in [9.17, 15) is 14.9 Å². The molecular formula is C23H17ClN4O4. The number of nitrogens with one attached hydrogen (secondary N) is 1. The van der Waals surface area contributed by atoms with Gasteiger partial charge in [0.1, 0.15) is 28.9 Å². The summed E-state index contributed by atoms with van der Waals surface area (Å²) in [5.41, 5.74) is 3.53. The number of cyclic esters (lactones) is 1. The average Bonchev–Trinajstić information content (AvgIpc) is 3.31. The van der Waals surface area contributed by atoms with E-state index in [1.165, 1.54) is 13.2 Å². The predicted molar refractivity (Wildman–Crippen MR) is 118 cm³/mol. The lowest BCUT2D eigenvalue weighted by atomic mass is 10.1. The summed E-state index contributed by atoms with van der Waals surface area (Å²) in [4.78, 5) is 27.7. The minimum absolute atomic E-state index is 0.0475. The van der Waals surface area contributed by atoms with E-state index in [1.807, 2.05) is 47.2 Å². The van der Waals surface area contributed by atoms with Crippen molar-refractivity contribution in [3.05, 3.63) is 76.2 Å². The van der Waals surface area contributed by atoms with Crippen LogP contribution >= 0.6 is 11.6 Å². The highest BCUT2D eigenvalue weighted by Gasteiger charge is 2.23. The monoisotopic (exact) mass is 448 g/mol. The Bertz CT molecular complexity index is 1330. The lowest BCUT2D eigenvalue weighted by Crippen LogP contribution is -2.04. The highest BCUT2D eigenvalue weighted by atomic mass is 35.5. The van der Waals surface area contributed by atoms with Gasteiger partial charge in [0.2, 0.25) is 0 Å². The van der Waals surface area contributed by atoms with Crippen LogP contribution in [0.2, 0.25) is 0 Å². The number of halogens is 1. The normalized spacial score (nSPS) is 13.8. The number of hydrogen-bond donors (Lipinski definition) is 1. The number of esters is 2. The highest BCUT2D eigenvalue weighted by molar-refractivity contribution is 6.42. The first-order valence-corrected chi connectivity index (χ1v) is 9.93. The Balaban J connectivity index is 1.66. The van der Waals surface area contributed by atoms with Gasteiger partial charge in [-0.3, -0.25) is 0 Å². The van der Waals surface area contributed by atoms with E-state index in [-0.39, 0.29) is 17.2 Å². The summed E-state index contributed by atoms with van der Waals surface area (Å²) in [6.45, 7) is 0.588. The molecule has 2 aromatic heterocycles. The first kappa shape index (κ1) is 21.2. The van der Waals surface area contributed by atoms with E-state index < -0.39 is 11.9 Å². The molecule has 0 unspecified atom stereocenters.